The van der Waals surface area contributed by atoms with Gasteiger partial charge in [0.2, 0.25) is 0 Å². The summed E-state index contributed by atoms with van der Waals surface area (Å²) in [6.07, 6.45) is 3.58. The van der Waals surface area contributed by atoms with Crippen molar-refractivity contribution in [1.29, 1.82) is 0 Å². The Balaban J connectivity index is 2.37. The molecule has 0 aliphatic heterocycles. The number of aromatic amines is 1. The lowest BCUT2D eigenvalue weighted by molar-refractivity contribution is 1.06. The van der Waals surface area contributed by atoms with Gasteiger partial charge in [-0.2, -0.15) is 0 Å². The Bertz CT molecular complexity index is 763. The average Bonchev–Trinajstić information content (AvgIpc) is 2.63. The van der Waals surface area contributed by atoms with Gasteiger partial charge in [-0.25, -0.2) is 0 Å². The monoisotopic (exact) mass is 255 g/mol. The van der Waals surface area contributed by atoms with Crippen LogP contribution in [0.2, 0.25) is 0 Å². The van der Waals surface area contributed by atoms with Crippen LogP contribution in [0.1, 0.15) is 11.1 Å². The van der Waals surface area contributed by atoms with Crippen LogP contribution in [0.3, 0.4) is 0 Å². The van der Waals surface area contributed by atoms with Gasteiger partial charge in [0.05, 0.1) is 17.2 Å². The summed E-state index contributed by atoms with van der Waals surface area (Å²) in [4.78, 5) is 7.28. The van der Waals surface area contributed by atoms with Crippen LogP contribution in [0.5, 0.6) is 0 Å². The molecule has 3 rings (SSSR count). The topological polar surface area (TPSA) is 33.6 Å². The van der Waals surface area contributed by atoms with E-state index >= 15 is 0 Å². The Morgan fingerprint density at radius 3 is 2.61 bits per heavy atom. The molecule has 2 heterocycles. The van der Waals surface area contributed by atoms with E-state index in [4.69, 9.17) is 12.2 Å². The summed E-state index contributed by atoms with van der Waals surface area (Å²) < 4.78 is 2.75. The second-order valence-electron chi connectivity index (χ2n) is 4.50. The normalized spacial score (nSPS) is 11.0. The number of fused-ring (bicyclic) bond motifs is 1. The summed E-state index contributed by atoms with van der Waals surface area (Å²) >= 11 is 5.40. The summed E-state index contributed by atoms with van der Waals surface area (Å²) in [5.74, 6) is 0. The van der Waals surface area contributed by atoms with Gasteiger partial charge in [-0.15, -0.1) is 0 Å². The second-order valence-corrected chi connectivity index (χ2v) is 4.89. The number of H-pyrrole nitrogens is 1. The molecule has 4 heteroatoms. The molecule has 0 radical (unpaired) electrons. The maximum Gasteiger partial charge on any atom is 0.182 e. The lowest BCUT2D eigenvalue weighted by atomic mass is 10.1. The molecule has 18 heavy (non-hydrogen) atoms. The van der Waals surface area contributed by atoms with Crippen LogP contribution in [-0.4, -0.2) is 14.5 Å². The quantitative estimate of drug-likeness (QED) is 0.673. The molecule has 3 nitrogen and oxygen atoms in total. The zero-order valence-electron chi connectivity index (χ0n) is 10.3. The number of hydrogen-bond acceptors (Lipinski definition) is 2. The molecule has 2 aromatic heterocycles. The Morgan fingerprint density at radius 1 is 1.17 bits per heavy atom. The van der Waals surface area contributed by atoms with Crippen LogP contribution in [0.15, 0.2) is 36.7 Å². The Labute approximate surface area is 110 Å². The smallest absolute Gasteiger partial charge is 0.182 e. The van der Waals surface area contributed by atoms with E-state index in [0.29, 0.717) is 4.77 Å². The van der Waals surface area contributed by atoms with E-state index in [1.165, 1.54) is 11.1 Å². The predicted molar refractivity (Wildman–Crippen MR) is 75.7 cm³/mol. The summed E-state index contributed by atoms with van der Waals surface area (Å²) in [5.41, 5.74) is 5.57. The molecule has 0 fully saturated rings. The fourth-order valence-corrected chi connectivity index (χ4v) is 2.61. The molecule has 0 unspecified atom stereocenters. The average molecular weight is 255 g/mol. The molecule has 0 atom stereocenters. The highest BCUT2D eigenvalue weighted by Gasteiger charge is 2.06. The minimum atomic E-state index is 0.697. The van der Waals surface area contributed by atoms with Gasteiger partial charge in [0.15, 0.2) is 4.77 Å². The number of nitrogens with one attached hydrogen (secondary N) is 1. The van der Waals surface area contributed by atoms with Crippen molar-refractivity contribution in [2.75, 3.05) is 0 Å². The van der Waals surface area contributed by atoms with Gasteiger partial charge in [-0.1, -0.05) is 6.07 Å². The van der Waals surface area contributed by atoms with Crippen molar-refractivity contribution in [3.05, 3.63) is 52.6 Å². The lowest BCUT2D eigenvalue weighted by Gasteiger charge is -2.07. The minimum absolute atomic E-state index is 0.697. The molecule has 1 aromatic carbocycles. The number of pyridine rings is 1. The number of rotatable bonds is 1. The third-order valence-electron chi connectivity index (χ3n) is 2.95. The molecule has 0 bridgehead atoms. The van der Waals surface area contributed by atoms with E-state index in [0.717, 1.165) is 16.7 Å². The van der Waals surface area contributed by atoms with Crippen LogP contribution in [-0.2, 0) is 0 Å². The molecule has 0 saturated heterocycles. The van der Waals surface area contributed by atoms with E-state index in [-0.39, 0.29) is 0 Å². The van der Waals surface area contributed by atoms with Crippen molar-refractivity contribution in [2.24, 2.45) is 0 Å². The molecular weight excluding hydrogens is 242 g/mol. The number of nitrogens with zero attached hydrogens (tertiary/aromatic N) is 2. The minimum Gasteiger partial charge on any atom is -0.329 e. The van der Waals surface area contributed by atoms with E-state index in [9.17, 15) is 0 Å². The lowest BCUT2D eigenvalue weighted by Crippen LogP contribution is -1.95. The van der Waals surface area contributed by atoms with Crippen LogP contribution in [0.25, 0.3) is 16.7 Å². The third-order valence-corrected chi connectivity index (χ3v) is 3.23. The molecule has 0 amide bonds. The van der Waals surface area contributed by atoms with Crippen molar-refractivity contribution in [3.63, 3.8) is 0 Å². The molecule has 0 saturated carbocycles. The van der Waals surface area contributed by atoms with E-state index < -0.39 is 0 Å². The van der Waals surface area contributed by atoms with Gasteiger partial charge in [0.25, 0.3) is 0 Å². The van der Waals surface area contributed by atoms with Gasteiger partial charge in [0.1, 0.15) is 0 Å². The van der Waals surface area contributed by atoms with Crippen molar-refractivity contribution >= 4 is 23.3 Å². The number of aryl methyl sites for hydroxylation is 2. The molecule has 1 N–H and O–H groups in total. The summed E-state index contributed by atoms with van der Waals surface area (Å²) in [6, 6.07) is 8.40. The van der Waals surface area contributed by atoms with Gasteiger partial charge < -0.3 is 4.98 Å². The zero-order chi connectivity index (χ0) is 12.7. The van der Waals surface area contributed by atoms with Gasteiger partial charge in [0, 0.05) is 11.9 Å². The molecular formula is C14H13N3S. The van der Waals surface area contributed by atoms with Gasteiger partial charge >= 0.3 is 0 Å². The summed E-state index contributed by atoms with van der Waals surface area (Å²) in [6.45, 7) is 4.19. The van der Waals surface area contributed by atoms with E-state index in [1.54, 1.807) is 12.4 Å². The summed E-state index contributed by atoms with van der Waals surface area (Å²) in [5, 5.41) is 0. The van der Waals surface area contributed by atoms with Gasteiger partial charge in [-0.05, 0) is 55.4 Å². The largest absolute Gasteiger partial charge is 0.329 e. The van der Waals surface area contributed by atoms with Crippen LogP contribution < -0.4 is 0 Å². The maximum absolute atomic E-state index is 5.40. The SMILES string of the molecule is Cc1cc(C)cc(-n2c(=S)[nH]c3cnccc32)c1. The van der Waals surface area contributed by atoms with Crippen molar-refractivity contribution in [2.45, 2.75) is 13.8 Å². The van der Waals surface area contributed by atoms with Crippen LogP contribution in [0.4, 0.5) is 0 Å². The predicted octanol–water partition coefficient (Wildman–Crippen LogP) is 3.70. The number of hydrogen-bond donors (Lipinski definition) is 1. The first-order valence-electron chi connectivity index (χ1n) is 5.78. The second kappa shape index (κ2) is 4.07. The van der Waals surface area contributed by atoms with Gasteiger partial charge in [-0.3, -0.25) is 9.55 Å². The number of aromatic nitrogens is 3. The van der Waals surface area contributed by atoms with Crippen molar-refractivity contribution in [1.82, 2.24) is 14.5 Å². The highest BCUT2D eigenvalue weighted by atomic mass is 32.1. The van der Waals surface area contributed by atoms with Crippen molar-refractivity contribution in [3.8, 4) is 5.69 Å². The van der Waals surface area contributed by atoms with Crippen LogP contribution in [0, 0.1) is 18.6 Å². The molecule has 0 spiro atoms. The third kappa shape index (κ3) is 1.75. The Morgan fingerprint density at radius 2 is 1.89 bits per heavy atom. The van der Waals surface area contributed by atoms with Crippen molar-refractivity contribution < 1.29 is 0 Å². The number of imidazole rings is 1. The zero-order valence-corrected chi connectivity index (χ0v) is 11.1. The Kier molecular flexibility index (Phi) is 2.52. The number of benzene rings is 1. The highest BCUT2D eigenvalue weighted by molar-refractivity contribution is 7.71. The molecule has 3 aromatic rings. The van der Waals surface area contributed by atoms with E-state index in [2.05, 4.69) is 42.0 Å². The molecule has 0 aliphatic rings. The first-order chi connectivity index (χ1) is 8.65. The van der Waals surface area contributed by atoms with E-state index in [1.807, 2.05) is 10.6 Å². The fourth-order valence-electron chi connectivity index (χ4n) is 2.30. The van der Waals surface area contributed by atoms with Crippen LogP contribution >= 0.6 is 12.2 Å². The standard InChI is InChI=1S/C14H13N3S/c1-9-5-10(2)7-11(6-9)17-13-3-4-15-8-12(13)16-14(17)18/h3-8H,1-2H3,(H,16,18). The first kappa shape index (κ1) is 11.2. The highest BCUT2D eigenvalue weighted by Crippen LogP contribution is 2.20. The first-order valence-corrected chi connectivity index (χ1v) is 6.19. The molecule has 0 aliphatic carbocycles. The maximum atomic E-state index is 5.40. The molecule has 90 valence electrons. The summed E-state index contributed by atoms with van der Waals surface area (Å²) in [7, 11) is 0. The Hall–Kier alpha value is -1.94. The fraction of sp³-hybridized carbons (Fsp3) is 0.143.